The standard InChI is InChI=1S/C28H50/c1-9-14-15-18-28(8,13-5)21-22(6)16-17-26-20-27(26)23(7)19-25(12-4)24(10-2)11-3/h13-15,21,23-27H,5,9-12,16-20H2,1-4,6-8H3. The molecule has 0 aromatic heterocycles. The molecule has 1 fully saturated rings. The normalized spacial score (nSPS) is 24.4. The third kappa shape index (κ3) is 8.30. The summed E-state index contributed by atoms with van der Waals surface area (Å²) in [5, 5.41) is 0. The Morgan fingerprint density at radius 1 is 1.07 bits per heavy atom. The van der Waals surface area contributed by atoms with Gasteiger partial charge in [0.15, 0.2) is 0 Å². The Kier molecular flexibility index (Phi) is 11.5. The molecule has 1 saturated carbocycles. The van der Waals surface area contributed by atoms with Crippen LogP contribution >= 0.6 is 0 Å². The van der Waals surface area contributed by atoms with Gasteiger partial charge >= 0.3 is 0 Å². The fraction of sp³-hybridized carbons (Fsp3) is 0.786. The first kappa shape index (κ1) is 25.3. The fourth-order valence-corrected chi connectivity index (χ4v) is 5.35. The van der Waals surface area contributed by atoms with Crippen LogP contribution in [0.25, 0.3) is 0 Å². The molecule has 5 unspecified atom stereocenters. The maximum absolute atomic E-state index is 4.09. The molecule has 0 amide bonds. The van der Waals surface area contributed by atoms with Crippen LogP contribution in [0.4, 0.5) is 0 Å². The third-order valence-corrected chi connectivity index (χ3v) is 7.53. The lowest BCUT2D eigenvalue weighted by Crippen LogP contribution is -2.17. The van der Waals surface area contributed by atoms with Gasteiger partial charge in [0.2, 0.25) is 0 Å². The molecule has 0 bridgehead atoms. The molecule has 5 atom stereocenters. The van der Waals surface area contributed by atoms with Gasteiger partial charge < -0.3 is 0 Å². The van der Waals surface area contributed by atoms with E-state index in [2.05, 4.69) is 79.3 Å². The van der Waals surface area contributed by atoms with Crippen molar-refractivity contribution in [2.24, 2.45) is 35.0 Å². The Morgan fingerprint density at radius 2 is 1.71 bits per heavy atom. The predicted octanol–water partition coefficient (Wildman–Crippen LogP) is 9.39. The van der Waals surface area contributed by atoms with Crippen molar-refractivity contribution in [1.29, 1.82) is 0 Å². The van der Waals surface area contributed by atoms with Gasteiger partial charge in [-0.3, -0.25) is 0 Å². The van der Waals surface area contributed by atoms with Gasteiger partial charge in [-0.05, 0) is 75.0 Å². The second kappa shape index (κ2) is 12.7. The lowest BCUT2D eigenvalue weighted by Gasteiger charge is -2.27. The van der Waals surface area contributed by atoms with Crippen molar-refractivity contribution < 1.29 is 0 Å². The molecule has 0 radical (unpaired) electrons. The van der Waals surface area contributed by atoms with Crippen LogP contribution in [0.5, 0.6) is 0 Å². The largest absolute Gasteiger partial charge is 0.102 e. The van der Waals surface area contributed by atoms with E-state index >= 15 is 0 Å². The van der Waals surface area contributed by atoms with Crippen molar-refractivity contribution in [3.8, 4) is 0 Å². The molecule has 1 aliphatic carbocycles. The molecule has 0 aromatic carbocycles. The van der Waals surface area contributed by atoms with Gasteiger partial charge in [-0.15, -0.1) is 6.58 Å². The third-order valence-electron chi connectivity index (χ3n) is 7.53. The molecular formula is C28H50. The Hall–Kier alpha value is -0.780. The van der Waals surface area contributed by atoms with E-state index in [1.807, 2.05) is 0 Å². The Bertz CT molecular complexity index is 492. The number of hydrogen-bond acceptors (Lipinski definition) is 0. The van der Waals surface area contributed by atoms with E-state index in [1.165, 1.54) is 44.9 Å². The molecule has 0 saturated heterocycles. The van der Waals surface area contributed by atoms with Crippen LogP contribution in [0.1, 0.15) is 106 Å². The monoisotopic (exact) mass is 386 g/mol. The molecule has 0 spiro atoms. The van der Waals surface area contributed by atoms with Gasteiger partial charge in [-0.25, -0.2) is 0 Å². The molecule has 0 aromatic rings. The maximum Gasteiger partial charge on any atom is 0.00670 e. The van der Waals surface area contributed by atoms with Crippen molar-refractivity contribution in [2.75, 3.05) is 0 Å². The molecule has 0 heteroatoms. The number of hydrogen-bond donors (Lipinski definition) is 0. The molecule has 0 heterocycles. The number of allylic oxidation sites excluding steroid dienone is 5. The summed E-state index contributed by atoms with van der Waals surface area (Å²) in [6, 6.07) is 0. The minimum atomic E-state index is 0.107. The SMILES string of the molecule is C=CC(C)(C=C(C)CCC1CC1C(C)CC(CC)C(CC)CC)CC=CCC. The topological polar surface area (TPSA) is 0 Å². The summed E-state index contributed by atoms with van der Waals surface area (Å²) < 4.78 is 0. The van der Waals surface area contributed by atoms with Crippen molar-refractivity contribution in [3.05, 3.63) is 36.5 Å². The molecule has 1 aliphatic rings. The molecule has 162 valence electrons. The van der Waals surface area contributed by atoms with Crippen LogP contribution in [0.3, 0.4) is 0 Å². The van der Waals surface area contributed by atoms with Crippen LogP contribution in [-0.2, 0) is 0 Å². The Labute approximate surface area is 178 Å². The van der Waals surface area contributed by atoms with Crippen LogP contribution < -0.4 is 0 Å². The average molecular weight is 387 g/mol. The fourth-order valence-electron chi connectivity index (χ4n) is 5.35. The van der Waals surface area contributed by atoms with E-state index in [0.717, 1.165) is 42.4 Å². The molecule has 28 heavy (non-hydrogen) atoms. The van der Waals surface area contributed by atoms with Crippen molar-refractivity contribution in [1.82, 2.24) is 0 Å². The van der Waals surface area contributed by atoms with Gasteiger partial charge in [-0.1, -0.05) is 90.7 Å². The second-order valence-electron chi connectivity index (χ2n) is 9.94. The summed E-state index contributed by atoms with van der Waals surface area (Å²) >= 11 is 0. The smallest absolute Gasteiger partial charge is 0.00670 e. The van der Waals surface area contributed by atoms with E-state index in [-0.39, 0.29) is 5.41 Å². The van der Waals surface area contributed by atoms with E-state index in [1.54, 1.807) is 5.57 Å². The highest BCUT2D eigenvalue weighted by Gasteiger charge is 2.41. The first-order valence-corrected chi connectivity index (χ1v) is 12.3. The van der Waals surface area contributed by atoms with Gasteiger partial charge in [0, 0.05) is 5.41 Å². The van der Waals surface area contributed by atoms with E-state index in [0.29, 0.717) is 0 Å². The first-order chi connectivity index (χ1) is 13.3. The molecule has 1 rings (SSSR count). The summed E-state index contributed by atoms with van der Waals surface area (Å²) in [6.45, 7) is 20.6. The highest BCUT2D eigenvalue weighted by molar-refractivity contribution is 5.15. The Morgan fingerprint density at radius 3 is 2.25 bits per heavy atom. The van der Waals surface area contributed by atoms with Crippen molar-refractivity contribution in [2.45, 2.75) is 106 Å². The van der Waals surface area contributed by atoms with Crippen LogP contribution in [-0.4, -0.2) is 0 Å². The maximum atomic E-state index is 4.09. The minimum absolute atomic E-state index is 0.107. The van der Waals surface area contributed by atoms with Crippen LogP contribution in [0, 0.1) is 35.0 Å². The number of rotatable bonds is 15. The Balaban J connectivity index is 2.48. The molecular weight excluding hydrogens is 336 g/mol. The summed E-state index contributed by atoms with van der Waals surface area (Å²) in [5.41, 5.74) is 1.66. The lowest BCUT2D eigenvalue weighted by molar-refractivity contribution is 0.237. The van der Waals surface area contributed by atoms with Crippen LogP contribution in [0.2, 0.25) is 0 Å². The van der Waals surface area contributed by atoms with Gasteiger partial charge in [-0.2, -0.15) is 0 Å². The first-order valence-electron chi connectivity index (χ1n) is 12.3. The van der Waals surface area contributed by atoms with Crippen LogP contribution in [0.15, 0.2) is 36.5 Å². The highest BCUT2D eigenvalue weighted by Crippen LogP contribution is 2.50. The van der Waals surface area contributed by atoms with Crippen molar-refractivity contribution >= 4 is 0 Å². The van der Waals surface area contributed by atoms with Crippen molar-refractivity contribution in [3.63, 3.8) is 0 Å². The van der Waals surface area contributed by atoms with E-state index in [9.17, 15) is 0 Å². The molecule has 0 nitrogen and oxygen atoms in total. The quantitative estimate of drug-likeness (QED) is 0.246. The zero-order valence-corrected chi connectivity index (χ0v) is 20.3. The summed E-state index contributed by atoms with van der Waals surface area (Å²) in [7, 11) is 0. The zero-order valence-electron chi connectivity index (χ0n) is 20.3. The minimum Gasteiger partial charge on any atom is -0.102 e. The highest BCUT2D eigenvalue weighted by atomic mass is 14.5. The average Bonchev–Trinajstić information content (AvgIpc) is 3.46. The van der Waals surface area contributed by atoms with Gasteiger partial charge in [0.05, 0.1) is 0 Å². The summed E-state index contributed by atoms with van der Waals surface area (Å²) in [5.74, 6) is 4.77. The second-order valence-corrected chi connectivity index (χ2v) is 9.94. The predicted molar refractivity (Wildman–Crippen MR) is 129 cm³/mol. The lowest BCUT2D eigenvalue weighted by atomic mass is 9.79. The van der Waals surface area contributed by atoms with Gasteiger partial charge in [0.1, 0.15) is 0 Å². The summed E-state index contributed by atoms with van der Waals surface area (Å²) in [4.78, 5) is 0. The molecule has 0 aliphatic heterocycles. The summed E-state index contributed by atoms with van der Waals surface area (Å²) in [6.07, 6.45) is 21.0. The van der Waals surface area contributed by atoms with E-state index in [4.69, 9.17) is 0 Å². The van der Waals surface area contributed by atoms with Gasteiger partial charge in [0.25, 0.3) is 0 Å². The van der Waals surface area contributed by atoms with E-state index < -0.39 is 0 Å². The zero-order chi connectivity index (χ0) is 21.2. The molecule has 0 N–H and O–H groups in total.